The minimum atomic E-state index is 0.946. The van der Waals surface area contributed by atoms with Crippen LogP contribution in [0.25, 0.3) is 0 Å². The molecule has 142 valence electrons. The Balaban J connectivity index is -0.000000464. The average molecular weight is 344 g/mol. The molecule has 2 radical (unpaired) electrons. The van der Waals surface area contributed by atoms with Gasteiger partial charge in [0, 0.05) is 24.2 Å². The van der Waals surface area contributed by atoms with Crippen LogP contribution in [-0.2, 0) is 13.0 Å². The van der Waals surface area contributed by atoms with E-state index >= 15 is 0 Å². The summed E-state index contributed by atoms with van der Waals surface area (Å²) in [5, 5.41) is 4.54. The number of hydrogen-bond donors (Lipinski definition) is 0. The monoisotopic (exact) mass is 344 g/mol. The Bertz CT molecular complexity index is 490. The molecule has 2 nitrogen and oxygen atoms in total. The van der Waals surface area contributed by atoms with Gasteiger partial charge >= 0.3 is 0 Å². The second-order valence-electron chi connectivity index (χ2n) is 4.83. The molecule has 0 amide bonds. The summed E-state index contributed by atoms with van der Waals surface area (Å²) >= 11 is 0. The number of hydrogen-bond acceptors (Lipinski definition) is 1. The van der Waals surface area contributed by atoms with Crippen LogP contribution in [0.2, 0.25) is 6.82 Å². The zero-order chi connectivity index (χ0) is 20.3. The Morgan fingerprint density at radius 1 is 0.880 bits per heavy atom. The van der Waals surface area contributed by atoms with E-state index in [4.69, 9.17) is 0 Å². The van der Waals surface area contributed by atoms with Crippen LogP contribution >= 0.6 is 0 Å². The first-order valence-corrected chi connectivity index (χ1v) is 9.78. The third kappa shape index (κ3) is 11.6. The SMILES string of the molecule is CC.CC.CCC.CCn1nc(C)c(Cc2ccccc2)c1C.[B]C. The van der Waals surface area contributed by atoms with Gasteiger partial charge in [-0.2, -0.15) is 5.10 Å². The standard InChI is InChI=1S/C14H18N2.C3H8.2C2H6.CH3B/c1-4-16-12(3)14(11(2)15-16)10-13-8-6-5-7-9-13;1-3-2;3*1-2/h5-9H,4,10H2,1-3H3;3H2,1-2H3;2*1-2H3;1H3. The fraction of sp³-hybridized carbons (Fsp3) is 0.591. The van der Waals surface area contributed by atoms with E-state index in [1.807, 2.05) is 27.7 Å². The first-order valence-electron chi connectivity index (χ1n) is 9.78. The molecule has 1 aromatic heterocycles. The van der Waals surface area contributed by atoms with Gasteiger partial charge in [0.05, 0.1) is 13.5 Å². The molecule has 0 spiro atoms. The molecule has 2 rings (SSSR count). The highest BCUT2D eigenvalue weighted by atomic mass is 15.3. The van der Waals surface area contributed by atoms with E-state index in [1.165, 1.54) is 30.1 Å². The Morgan fingerprint density at radius 2 is 1.32 bits per heavy atom. The second kappa shape index (κ2) is 20.5. The minimum Gasteiger partial charge on any atom is -0.270 e. The molecule has 0 bridgehead atoms. The van der Waals surface area contributed by atoms with Crippen molar-refractivity contribution >= 4 is 7.85 Å². The summed E-state index contributed by atoms with van der Waals surface area (Å²) in [7, 11) is 4.50. The first kappa shape index (κ1) is 28.3. The maximum Gasteiger partial charge on any atom is 0.0631 e. The maximum absolute atomic E-state index is 4.54. The van der Waals surface area contributed by atoms with Gasteiger partial charge in [0.2, 0.25) is 0 Å². The molecule has 0 fully saturated rings. The lowest BCUT2D eigenvalue weighted by atomic mass is 10.0. The highest BCUT2D eigenvalue weighted by Gasteiger charge is 2.10. The first-order chi connectivity index (χ1) is 12.1. The van der Waals surface area contributed by atoms with Crippen molar-refractivity contribution in [2.75, 3.05) is 0 Å². The van der Waals surface area contributed by atoms with E-state index in [1.54, 1.807) is 0 Å². The molecule has 3 heteroatoms. The van der Waals surface area contributed by atoms with Gasteiger partial charge in [-0.15, -0.1) is 0 Å². The third-order valence-electron chi connectivity index (χ3n) is 3.05. The number of nitrogens with zero attached hydrogens (tertiary/aromatic N) is 2. The zero-order valence-electron chi connectivity index (χ0n) is 18.5. The number of rotatable bonds is 3. The van der Waals surface area contributed by atoms with Crippen molar-refractivity contribution in [1.82, 2.24) is 9.78 Å². The van der Waals surface area contributed by atoms with Crippen LogP contribution in [0, 0.1) is 13.8 Å². The number of benzene rings is 1. The highest BCUT2D eigenvalue weighted by Crippen LogP contribution is 2.17. The van der Waals surface area contributed by atoms with Gasteiger partial charge in [0.1, 0.15) is 0 Å². The van der Waals surface area contributed by atoms with Crippen LogP contribution < -0.4 is 0 Å². The minimum absolute atomic E-state index is 0.946. The highest BCUT2D eigenvalue weighted by molar-refractivity contribution is 6.05. The van der Waals surface area contributed by atoms with Crippen molar-refractivity contribution in [3.63, 3.8) is 0 Å². The molecule has 0 aliphatic rings. The fourth-order valence-electron chi connectivity index (χ4n) is 2.10. The van der Waals surface area contributed by atoms with E-state index in [0.717, 1.165) is 18.7 Å². The van der Waals surface area contributed by atoms with Crippen LogP contribution in [-0.4, -0.2) is 17.6 Å². The molecule has 0 unspecified atom stereocenters. The van der Waals surface area contributed by atoms with Gasteiger partial charge in [-0.1, -0.05) is 85.1 Å². The molecule has 0 atom stereocenters. The smallest absolute Gasteiger partial charge is 0.0631 e. The van der Waals surface area contributed by atoms with Crippen molar-refractivity contribution in [2.24, 2.45) is 0 Å². The summed E-state index contributed by atoms with van der Waals surface area (Å²) < 4.78 is 2.08. The predicted octanol–water partition coefficient (Wildman–Crippen LogP) is 6.78. The van der Waals surface area contributed by atoms with Crippen molar-refractivity contribution in [2.45, 2.75) is 88.5 Å². The van der Waals surface area contributed by atoms with Gasteiger partial charge < -0.3 is 0 Å². The zero-order valence-corrected chi connectivity index (χ0v) is 18.5. The molecule has 0 aliphatic carbocycles. The molecule has 0 saturated heterocycles. The quantitative estimate of drug-likeness (QED) is 0.561. The van der Waals surface area contributed by atoms with E-state index < -0.39 is 0 Å². The van der Waals surface area contributed by atoms with Crippen LogP contribution in [0.1, 0.15) is 77.4 Å². The van der Waals surface area contributed by atoms with Crippen molar-refractivity contribution in [3.8, 4) is 0 Å². The summed E-state index contributed by atoms with van der Waals surface area (Å²) in [6.45, 7) is 21.1. The van der Waals surface area contributed by atoms with Gasteiger partial charge in [-0.25, -0.2) is 0 Å². The lowest BCUT2D eigenvalue weighted by Gasteiger charge is -2.03. The Kier molecular flexibility index (Phi) is 23.3. The fourth-order valence-corrected chi connectivity index (χ4v) is 2.10. The van der Waals surface area contributed by atoms with Crippen LogP contribution in [0.3, 0.4) is 0 Å². The van der Waals surface area contributed by atoms with Crippen LogP contribution in [0.15, 0.2) is 30.3 Å². The van der Waals surface area contributed by atoms with Gasteiger partial charge in [0.15, 0.2) is 0 Å². The summed E-state index contributed by atoms with van der Waals surface area (Å²) in [4.78, 5) is 0. The molecule has 2 aromatic rings. The molecule has 25 heavy (non-hydrogen) atoms. The molecule has 0 saturated carbocycles. The number of aryl methyl sites for hydroxylation is 2. The van der Waals surface area contributed by atoms with Gasteiger partial charge in [-0.3, -0.25) is 4.68 Å². The van der Waals surface area contributed by atoms with Crippen molar-refractivity contribution in [3.05, 3.63) is 52.8 Å². The van der Waals surface area contributed by atoms with Gasteiger partial charge in [0.25, 0.3) is 0 Å². The molecule has 0 N–H and O–H groups in total. The van der Waals surface area contributed by atoms with Crippen LogP contribution in [0.4, 0.5) is 0 Å². The van der Waals surface area contributed by atoms with E-state index in [9.17, 15) is 0 Å². The molecular formula is C22H41BN2. The molecule has 1 aromatic carbocycles. The Labute approximate surface area is 159 Å². The lowest BCUT2D eigenvalue weighted by Crippen LogP contribution is -1.99. The number of aromatic nitrogens is 2. The lowest BCUT2D eigenvalue weighted by molar-refractivity contribution is 0.633. The Hall–Kier alpha value is -1.51. The molecule has 0 aliphatic heterocycles. The summed E-state index contributed by atoms with van der Waals surface area (Å²) in [5.74, 6) is 0. The Morgan fingerprint density at radius 3 is 1.68 bits per heavy atom. The molecule has 1 heterocycles. The summed E-state index contributed by atoms with van der Waals surface area (Å²) in [5.41, 5.74) is 5.17. The van der Waals surface area contributed by atoms with E-state index in [0.29, 0.717) is 0 Å². The summed E-state index contributed by atoms with van der Waals surface area (Å²) in [6.07, 6.45) is 2.23. The molecular weight excluding hydrogens is 303 g/mol. The third-order valence-corrected chi connectivity index (χ3v) is 3.05. The van der Waals surface area contributed by atoms with Crippen LogP contribution in [0.5, 0.6) is 0 Å². The second-order valence-corrected chi connectivity index (χ2v) is 4.83. The van der Waals surface area contributed by atoms with E-state index in [2.05, 4.69) is 82.6 Å². The van der Waals surface area contributed by atoms with E-state index in [-0.39, 0.29) is 0 Å². The average Bonchev–Trinajstić information content (AvgIpc) is 2.96. The van der Waals surface area contributed by atoms with Gasteiger partial charge in [-0.05, 0) is 26.3 Å². The normalized spacial score (nSPS) is 8.24. The largest absolute Gasteiger partial charge is 0.270 e. The predicted molar refractivity (Wildman–Crippen MR) is 117 cm³/mol. The van der Waals surface area contributed by atoms with Crippen molar-refractivity contribution < 1.29 is 0 Å². The topological polar surface area (TPSA) is 17.8 Å². The summed E-state index contributed by atoms with van der Waals surface area (Å²) in [6, 6.07) is 10.6. The van der Waals surface area contributed by atoms with Crippen molar-refractivity contribution in [1.29, 1.82) is 0 Å². The maximum atomic E-state index is 4.54.